The average molecular weight is 254 g/mol. The molecule has 3 nitrogen and oxygen atoms in total. The molecule has 18 heavy (non-hydrogen) atoms. The fourth-order valence-electron chi connectivity index (χ4n) is 3.43. The number of nitrogens with zero attached hydrogens (tertiary/aromatic N) is 1. The summed E-state index contributed by atoms with van der Waals surface area (Å²) < 4.78 is 5.91. The van der Waals surface area contributed by atoms with Gasteiger partial charge >= 0.3 is 0 Å². The van der Waals surface area contributed by atoms with Crippen molar-refractivity contribution in [3.63, 3.8) is 0 Å². The van der Waals surface area contributed by atoms with Crippen LogP contribution in [0.15, 0.2) is 0 Å². The molecule has 2 aliphatic rings. The number of hydrogen-bond acceptors (Lipinski definition) is 3. The summed E-state index contributed by atoms with van der Waals surface area (Å²) in [7, 11) is 0. The molecule has 1 aliphatic heterocycles. The zero-order chi connectivity index (χ0) is 12.6. The van der Waals surface area contributed by atoms with E-state index < -0.39 is 0 Å². The van der Waals surface area contributed by atoms with Gasteiger partial charge in [0.2, 0.25) is 0 Å². The first-order chi connectivity index (χ1) is 8.90. The van der Waals surface area contributed by atoms with Gasteiger partial charge in [0.1, 0.15) is 0 Å². The van der Waals surface area contributed by atoms with Gasteiger partial charge in [-0.3, -0.25) is 0 Å². The molecule has 0 aromatic carbocycles. The van der Waals surface area contributed by atoms with Gasteiger partial charge in [0.25, 0.3) is 0 Å². The molecule has 2 rings (SSSR count). The molecule has 1 saturated carbocycles. The van der Waals surface area contributed by atoms with Crippen LogP contribution >= 0.6 is 0 Å². The molecule has 2 unspecified atom stereocenters. The molecule has 2 atom stereocenters. The lowest BCUT2D eigenvalue weighted by Gasteiger charge is -2.31. The van der Waals surface area contributed by atoms with Crippen LogP contribution in [0.2, 0.25) is 0 Å². The standard InChI is InChI=1S/C15H30N2O/c16-12-14-6-2-3-7-15(14)13-18-11-10-17-8-4-1-5-9-17/h14-15H,1-13,16H2. The second-order valence-electron chi connectivity index (χ2n) is 6.02. The minimum Gasteiger partial charge on any atom is -0.380 e. The monoisotopic (exact) mass is 254 g/mol. The Labute approximate surface area is 112 Å². The predicted octanol–water partition coefficient (Wildman–Crippen LogP) is 2.25. The van der Waals surface area contributed by atoms with E-state index in [4.69, 9.17) is 10.5 Å². The van der Waals surface area contributed by atoms with Crippen molar-refractivity contribution >= 4 is 0 Å². The van der Waals surface area contributed by atoms with E-state index in [1.54, 1.807) is 0 Å². The highest BCUT2D eigenvalue weighted by Gasteiger charge is 2.23. The Bertz CT molecular complexity index is 217. The minimum absolute atomic E-state index is 0.716. The fourth-order valence-corrected chi connectivity index (χ4v) is 3.43. The summed E-state index contributed by atoms with van der Waals surface area (Å²) in [4.78, 5) is 2.55. The number of hydrogen-bond donors (Lipinski definition) is 1. The SMILES string of the molecule is NCC1CCCCC1COCCN1CCCCC1. The van der Waals surface area contributed by atoms with Crippen LogP contribution in [0.5, 0.6) is 0 Å². The molecule has 1 aliphatic carbocycles. The molecule has 106 valence electrons. The van der Waals surface area contributed by atoms with Gasteiger partial charge in [0, 0.05) is 13.2 Å². The van der Waals surface area contributed by atoms with Crippen LogP contribution in [0, 0.1) is 11.8 Å². The lowest BCUT2D eigenvalue weighted by molar-refractivity contribution is 0.0448. The Hall–Kier alpha value is -0.120. The maximum absolute atomic E-state index is 5.91. The topological polar surface area (TPSA) is 38.5 Å². The smallest absolute Gasteiger partial charge is 0.0593 e. The first-order valence-electron chi connectivity index (χ1n) is 7.90. The van der Waals surface area contributed by atoms with E-state index in [0.29, 0.717) is 5.92 Å². The Kier molecular flexibility index (Phi) is 6.46. The molecule has 2 fully saturated rings. The van der Waals surface area contributed by atoms with Crippen LogP contribution in [0.1, 0.15) is 44.9 Å². The lowest BCUT2D eigenvalue weighted by atomic mass is 9.80. The molecule has 0 radical (unpaired) electrons. The van der Waals surface area contributed by atoms with Gasteiger partial charge < -0.3 is 15.4 Å². The lowest BCUT2D eigenvalue weighted by Crippen LogP contribution is -2.34. The zero-order valence-electron chi connectivity index (χ0n) is 11.8. The highest BCUT2D eigenvalue weighted by molar-refractivity contribution is 4.75. The number of nitrogens with two attached hydrogens (primary N) is 1. The molecule has 0 amide bonds. The molecule has 3 heteroatoms. The summed E-state index contributed by atoms with van der Waals surface area (Å²) in [5.41, 5.74) is 5.85. The van der Waals surface area contributed by atoms with Crippen LogP contribution in [0.25, 0.3) is 0 Å². The maximum atomic E-state index is 5.91. The fraction of sp³-hybridized carbons (Fsp3) is 1.00. The molecule has 0 spiro atoms. The highest BCUT2D eigenvalue weighted by atomic mass is 16.5. The van der Waals surface area contributed by atoms with E-state index in [0.717, 1.165) is 32.2 Å². The van der Waals surface area contributed by atoms with Gasteiger partial charge in [-0.2, -0.15) is 0 Å². The van der Waals surface area contributed by atoms with Crippen molar-refractivity contribution in [3.8, 4) is 0 Å². The largest absolute Gasteiger partial charge is 0.380 e. The summed E-state index contributed by atoms with van der Waals surface area (Å²) in [5.74, 6) is 1.44. The molecule has 2 N–H and O–H groups in total. The quantitative estimate of drug-likeness (QED) is 0.739. The predicted molar refractivity (Wildman–Crippen MR) is 75.6 cm³/mol. The van der Waals surface area contributed by atoms with Gasteiger partial charge in [-0.25, -0.2) is 0 Å². The third-order valence-corrected chi connectivity index (χ3v) is 4.70. The third-order valence-electron chi connectivity index (χ3n) is 4.70. The van der Waals surface area contributed by atoms with Gasteiger partial charge in [0.15, 0.2) is 0 Å². The van der Waals surface area contributed by atoms with Crippen molar-refractivity contribution in [1.29, 1.82) is 0 Å². The number of likely N-dealkylation sites (tertiary alicyclic amines) is 1. The van der Waals surface area contributed by atoms with Gasteiger partial charge in [-0.15, -0.1) is 0 Å². The van der Waals surface area contributed by atoms with Crippen molar-refractivity contribution in [3.05, 3.63) is 0 Å². The van der Waals surface area contributed by atoms with Crippen LogP contribution in [0.4, 0.5) is 0 Å². The summed E-state index contributed by atoms with van der Waals surface area (Å²) in [6, 6.07) is 0. The van der Waals surface area contributed by atoms with E-state index >= 15 is 0 Å². The molecular formula is C15H30N2O. The molecule has 1 heterocycles. The van der Waals surface area contributed by atoms with Crippen LogP contribution in [-0.4, -0.2) is 44.3 Å². The minimum atomic E-state index is 0.716. The first-order valence-corrected chi connectivity index (χ1v) is 7.90. The second-order valence-corrected chi connectivity index (χ2v) is 6.02. The van der Waals surface area contributed by atoms with E-state index in [1.165, 1.54) is 58.0 Å². The first kappa shape index (κ1) is 14.3. The van der Waals surface area contributed by atoms with E-state index in [2.05, 4.69) is 4.90 Å². The normalized spacial score (nSPS) is 30.5. The summed E-state index contributed by atoms with van der Waals surface area (Å²) in [5, 5.41) is 0. The van der Waals surface area contributed by atoms with Gasteiger partial charge in [0.05, 0.1) is 6.61 Å². The maximum Gasteiger partial charge on any atom is 0.0593 e. The second kappa shape index (κ2) is 8.13. The third kappa shape index (κ3) is 4.52. The number of rotatable bonds is 6. The Balaban J connectivity index is 1.56. The van der Waals surface area contributed by atoms with Crippen LogP contribution in [0.3, 0.4) is 0 Å². The van der Waals surface area contributed by atoms with Crippen LogP contribution in [-0.2, 0) is 4.74 Å². The van der Waals surface area contributed by atoms with Crippen molar-refractivity contribution in [2.75, 3.05) is 39.4 Å². The number of piperidine rings is 1. The Morgan fingerprint density at radius 3 is 2.39 bits per heavy atom. The molecule has 0 bridgehead atoms. The van der Waals surface area contributed by atoms with Crippen LogP contribution < -0.4 is 5.73 Å². The van der Waals surface area contributed by atoms with E-state index in [1.807, 2.05) is 0 Å². The molecular weight excluding hydrogens is 224 g/mol. The summed E-state index contributed by atoms with van der Waals surface area (Å²) >= 11 is 0. The highest BCUT2D eigenvalue weighted by Crippen LogP contribution is 2.29. The van der Waals surface area contributed by atoms with Gasteiger partial charge in [-0.05, 0) is 57.2 Å². The Morgan fingerprint density at radius 1 is 0.944 bits per heavy atom. The van der Waals surface area contributed by atoms with Crippen molar-refractivity contribution < 1.29 is 4.74 Å². The van der Waals surface area contributed by atoms with E-state index in [9.17, 15) is 0 Å². The molecule has 0 aromatic rings. The Morgan fingerprint density at radius 2 is 1.67 bits per heavy atom. The molecule has 0 aromatic heterocycles. The van der Waals surface area contributed by atoms with Crippen molar-refractivity contribution in [1.82, 2.24) is 4.90 Å². The summed E-state index contributed by atoms with van der Waals surface area (Å²) in [6.45, 7) is 6.38. The zero-order valence-corrected chi connectivity index (χ0v) is 11.8. The van der Waals surface area contributed by atoms with Crippen molar-refractivity contribution in [2.24, 2.45) is 17.6 Å². The van der Waals surface area contributed by atoms with Gasteiger partial charge in [-0.1, -0.05) is 19.3 Å². The number of ether oxygens (including phenoxy) is 1. The summed E-state index contributed by atoms with van der Waals surface area (Å²) in [6.07, 6.45) is 9.54. The van der Waals surface area contributed by atoms with Crippen molar-refractivity contribution in [2.45, 2.75) is 44.9 Å². The molecule has 1 saturated heterocycles. The average Bonchev–Trinajstić information content (AvgIpc) is 2.45. The van der Waals surface area contributed by atoms with E-state index in [-0.39, 0.29) is 0 Å².